The van der Waals surface area contributed by atoms with Gasteiger partial charge < -0.3 is 15.4 Å². The molecule has 4 aromatic rings. The first-order valence-corrected chi connectivity index (χ1v) is 16.0. The van der Waals surface area contributed by atoms with Gasteiger partial charge in [-0.05, 0) is 98.6 Å². The first-order chi connectivity index (χ1) is 21.5. The molecule has 1 aliphatic carbocycles. The van der Waals surface area contributed by atoms with Gasteiger partial charge >= 0.3 is 6.03 Å². The first kappa shape index (κ1) is 30.8. The summed E-state index contributed by atoms with van der Waals surface area (Å²) in [5.41, 5.74) is 4.80. The van der Waals surface area contributed by atoms with Crippen molar-refractivity contribution in [2.24, 2.45) is 0 Å². The van der Waals surface area contributed by atoms with Crippen molar-refractivity contribution in [3.63, 3.8) is 0 Å². The number of hydrogen-bond acceptors (Lipinski definition) is 6. The normalized spacial score (nSPS) is 21.8. The number of fused-ring (bicyclic) bond motifs is 2. The zero-order valence-corrected chi connectivity index (χ0v) is 27.2. The van der Waals surface area contributed by atoms with E-state index in [1.807, 2.05) is 49.5 Å². The Morgan fingerprint density at radius 2 is 1.82 bits per heavy atom. The summed E-state index contributed by atoms with van der Waals surface area (Å²) in [6, 6.07) is 17.2. The standard InChI is InChI=1S/C36H44N6O3/c1-7-30(43)23-19-24(35(2,3)4)21-25(20-23)37-34(44)38-29-14-15-31(28-12-9-8-11-27(28)29)45-26-13-16-32-39-40-33(42(32)22-26)36(5)17-10-18-41(36)6/h8-9,11-13,16,19-22,29,31H,7,10,14-15,17-18H2,1-6H3,(H2,37,38,44)/t29-,31+,36-/m0/s1. The van der Waals surface area contributed by atoms with E-state index in [4.69, 9.17) is 4.74 Å². The minimum Gasteiger partial charge on any atom is -0.484 e. The monoisotopic (exact) mass is 608 g/mol. The highest BCUT2D eigenvalue weighted by molar-refractivity contribution is 5.98. The number of benzene rings is 2. The highest BCUT2D eigenvalue weighted by Crippen LogP contribution is 2.40. The number of nitrogens with one attached hydrogen (secondary N) is 2. The number of amides is 2. The van der Waals surface area contributed by atoms with Crippen molar-refractivity contribution in [1.29, 1.82) is 0 Å². The minimum atomic E-state index is -0.300. The molecule has 236 valence electrons. The zero-order valence-electron chi connectivity index (χ0n) is 27.2. The van der Waals surface area contributed by atoms with Gasteiger partial charge in [-0.1, -0.05) is 52.0 Å². The largest absolute Gasteiger partial charge is 0.484 e. The molecule has 2 aromatic heterocycles. The van der Waals surface area contributed by atoms with Gasteiger partial charge in [0.2, 0.25) is 0 Å². The van der Waals surface area contributed by atoms with Gasteiger partial charge in [-0.25, -0.2) is 4.79 Å². The highest BCUT2D eigenvalue weighted by atomic mass is 16.5. The number of hydrogen-bond donors (Lipinski definition) is 2. The predicted octanol–water partition coefficient (Wildman–Crippen LogP) is 7.34. The van der Waals surface area contributed by atoms with Crippen LogP contribution in [-0.4, -0.2) is 44.9 Å². The lowest BCUT2D eigenvalue weighted by molar-refractivity contribution is 0.0988. The van der Waals surface area contributed by atoms with Gasteiger partial charge in [0.25, 0.3) is 0 Å². The Morgan fingerprint density at radius 1 is 1.04 bits per heavy atom. The maximum absolute atomic E-state index is 13.3. The number of carbonyl (C=O) groups excluding carboxylic acids is 2. The van der Waals surface area contributed by atoms with Crippen LogP contribution in [0.15, 0.2) is 60.8 Å². The Kier molecular flexibility index (Phi) is 8.16. The van der Waals surface area contributed by atoms with E-state index in [0.717, 1.165) is 66.1 Å². The van der Waals surface area contributed by atoms with Crippen LogP contribution in [-0.2, 0) is 11.0 Å². The predicted molar refractivity (Wildman–Crippen MR) is 176 cm³/mol. The van der Waals surface area contributed by atoms with Gasteiger partial charge in [0.15, 0.2) is 17.3 Å². The average Bonchev–Trinajstić information content (AvgIpc) is 3.60. The summed E-state index contributed by atoms with van der Waals surface area (Å²) < 4.78 is 8.69. The lowest BCUT2D eigenvalue weighted by atomic mass is 9.85. The lowest BCUT2D eigenvalue weighted by Crippen LogP contribution is -2.37. The number of ketones is 1. The van der Waals surface area contributed by atoms with Gasteiger partial charge in [-0.2, -0.15) is 0 Å². The summed E-state index contributed by atoms with van der Waals surface area (Å²) in [6.45, 7) is 11.4. The van der Waals surface area contributed by atoms with Crippen LogP contribution in [0.25, 0.3) is 5.65 Å². The summed E-state index contributed by atoms with van der Waals surface area (Å²) >= 11 is 0. The third-order valence-corrected chi connectivity index (χ3v) is 9.58. The van der Waals surface area contributed by atoms with Crippen LogP contribution in [0.4, 0.5) is 10.5 Å². The number of likely N-dealkylation sites (tertiary alicyclic amines) is 1. The van der Waals surface area contributed by atoms with Gasteiger partial charge in [0.1, 0.15) is 11.9 Å². The molecule has 0 saturated carbocycles. The molecule has 0 unspecified atom stereocenters. The number of anilines is 1. The fourth-order valence-electron chi connectivity index (χ4n) is 6.70. The molecule has 0 bridgehead atoms. The summed E-state index contributed by atoms with van der Waals surface area (Å²) in [7, 11) is 2.14. The van der Waals surface area contributed by atoms with Crippen LogP contribution in [0, 0.1) is 0 Å². The quantitative estimate of drug-likeness (QED) is 0.213. The summed E-state index contributed by atoms with van der Waals surface area (Å²) in [6.07, 6.45) is 5.89. The number of nitrogens with zero attached hydrogens (tertiary/aromatic N) is 4. The second-order valence-electron chi connectivity index (χ2n) is 13.7. The molecule has 3 atom stereocenters. The van der Waals surface area contributed by atoms with E-state index in [1.165, 1.54) is 0 Å². The molecule has 1 aliphatic heterocycles. The molecule has 3 heterocycles. The van der Waals surface area contributed by atoms with Crippen LogP contribution in [0.3, 0.4) is 0 Å². The van der Waals surface area contributed by atoms with Crippen molar-refractivity contribution in [2.45, 2.75) is 89.8 Å². The van der Waals surface area contributed by atoms with Gasteiger partial charge in [-0.15, -0.1) is 10.2 Å². The van der Waals surface area contributed by atoms with Crippen molar-refractivity contribution in [2.75, 3.05) is 18.9 Å². The zero-order chi connectivity index (χ0) is 31.9. The second kappa shape index (κ2) is 11.9. The van der Waals surface area contributed by atoms with E-state index in [-0.39, 0.29) is 34.9 Å². The van der Waals surface area contributed by atoms with Crippen molar-refractivity contribution in [3.05, 3.63) is 88.9 Å². The molecule has 2 amide bonds. The SMILES string of the molecule is CCC(=O)c1cc(NC(=O)N[C@H]2CC[C@@H](Oc3ccc4nnc([C@]5(C)CCCN5C)n4c3)c3ccccc32)cc(C(C)(C)C)c1. The fraction of sp³-hybridized carbons (Fsp3) is 0.444. The third-order valence-electron chi connectivity index (χ3n) is 9.58. The molecule has 0 radical (unpaired) electrons. The number of pyridine rings is 1. The number of carbonyl (C=O) groups is 2. The van der Waals surface area contributed by atoms with Crippen LogP contribution < -0.4 is 15.4 Å². The highest BCUT2D eigenvalue weighted by Gasteiger charge is 2.40. The molecule has 45 heavy (non-hydrogen) atoms. The van der Waals surface area contributed by atoms with Gasteiger partial charge in [0, 0.05) is 17.7 Å². The lowest BCUT2D eigenvalue weighted by Gasteiger charge is -2.32. The van der Waals surface area contributed by atoms with Crippen LogP contribution in [0.5, 0.6) is 5.75 Å². The van der Waals surface area contributed by atoms with E-state index in [9.17, 15) is 9.59 Å². The van der Waals surface area contributed by atoms with E-state index >= 15 is 0 Å². The maximum Gasteiger partial charge on any atom is 0.319 e. The molecule has 0 spiro atoms. The topological polar surface area (TPSA) is 101 Å². The number of Topliss-reactive ketones (excluding diaryl/α,β-unsaturated/α-hetero) is 1. The van der Waals surface area contributed by atoms with E-state index in [2.05, 4.69) is 77.0 Å². The van der Waals surface area contributed by atoms with Gasteiger partial charge in [-0.3, -0.25) is 14.1 Å². The molecule has 2 N–H and O–H groups in total. The minimum absolute atomic E-state index is 0.0524. The van der Waals surface area contributed by atoms with E-state index < -0.39 is 0 Å². The third kappa shape index (κ3) is 6.06. The van der Waals surface area contributed by atoms with Crippen LogP contribution >= 0.6 is 0 Å². The van der Waals surface area contributed by atoms with Crippen LogP contribution in [0.2, 0.25) is 0 Å². The van der Waals surface area contributed by atoms with E-state index in [0.29, 0.717) is 17.7 Å². The van der Waals surface area contributed by atoms with Crippen molar-refractivity contribution >= 4 is 23.1 Å². The Hall–Kier alpha value is -4.24. The Bertz CT molecular complexity index is 1740. The second-order valence-corrected chi connectivity index (χ2v) is 13.7. The fourth-order valence-corrected chi connectivity index (χ4v) is 6.70. The number of aromatic nitrogens is 3. The number of urea groups is 1. The molecule has 1 fully saturated rings. The van der Waals surface area contributed by atoms with Crippen molar-refractivity contribution in [3.8, 4) is 5.75 Å². The molecule has 9 heteroatoms. The molecular formula is C36H44N6O3. The average molecular weight is 609 g/mol. The summed E-state index contributed by atoms with van der Waals surface area (Å²) in [5.74, 6) is 1.74. The Morgan fingerprint density at radius 3 is 2.53 bits per heavy atom. The first-order valence-electron chi connectivity index (χ1n) is 16.0. The molecule has 6 rings (SSSR count). The number of rotatable bonds is 7. The molecule has 1 saturated heterocycles. The summed E-state index contributed by atoms with van der Waals surface area (Å²) in [4.78, 5) is 28.2. The smallest absolute Gasteiger partial charge is 0.319 e. The van der Waals surface area contributed by atoms with Crippen molar-refractivity contribution < 1.29 is 14.3 Å². The maximum atomic E-state index is 13.3. The number of ether oxygens (including phenoxy) is 1. The molecule has 2 aliphatic rings. The summed E-state index contributed by atoms with van der Waals surface area (Å²) in [5, 5.41) is 15.2. The Balaban J connectivity index is 1.20. The van der Waals surface area contributed by atoms with Crippen molar-refractivity contribution in [1.82, 2.24) is 24.8 Å². The molecule has 2 aromatic carbocycles. The Labute approximate surface area is 265 Å². The van der Waals surface area contributed by atoms with Crippen LogP contribution in [0.1, 0.15) is 112 Å². The molecular weight excluding hydrogens is 564 g/mol. The molecule has 9 nitrogen and oxygen atoms in total. The van der Waals surface area contributed by atoms with E-state index in [1.54, 1.807) is 6.07 Å². The van der Waals surface area contributed by atoms with Gasteiger partial charge in [0.05, 0.1) is 17.8 Å².